The summed E-state index contributed by atoms with van der Waals surface area (Å²) in [5, 5.41) is 0. The van der Waals surface area contributed by atoms with Crippen LogP contribution in [0.1, 0.15) is 23.7 Å². The third-order valence-electron chi connectivity index (χ3n) is 3.89. The van der Waals surface area contributed by atoms with Gasteiger partial charge < -0.3 is 9.64 Å². The van der Waals surface area contributed by atoms with Crippen LogP contribution in [-0.2, 0) is 9.53 Å². The molecular weight excluding hydrogens is 290 g/mol. The van der Waals surface area contributed by atoms with Gasteiger partial charge in [0.05, 0.1) is 7.11 Å². The molecule has 4 heteroatoms. The fourth-order valence-corrected chi connectivity index (χ4v) is 2.61. The predicted octanol–water partition coefficient (Wildman–Crippen LogP) is 3.38. The van der Waals surface area contributed by atoms with Crippen LogP contribution in [0.3, 0.4) is 0 Å². The van der Waals surface area contributed by atoms with Crippen LogP contribution in [0, 0.1) is 0 Å². The molecule has 120 valence electrons. The van der Waals surface area contributed by atoms with Crippen LogP contribution < -0.4 is 0 Å². The van der Waals surface area contributed by atoms with Crippen LogP contribution in [0.4, 0.5) is 0 Å². The number of rotatable bonds is 5. The lowest BCUT2D eigenvalue weighted by molar-refractivity contribution is -0.145. The van der Waals surface area contributed by atoms with Crippen LogP contribution in [0.2, 0.25) is 0 Å². The van der Waals surface area contributed by atoms with E-state index < -0.39 is 12.0 Å². The molecule has 1 amide bonds. The van der Waals surface area contributed by atoms with Gasteiger partial charge in [-0.3, -0.25) is 4.79 Å². The number of methoxy groups -OCH3 is 1. The first-order chi connectivity index (χ1) is 11.1. The zero-order chi connectivity index (χ0) is 16.8. The summed E-state index contributed by atoms with van der Waals surface area (Å²) in [5.74, 6) is -0.595. The number of likely N-dealkylation sites (N-methyl/N-ethyl adjacent to an activating group) is 1. The van der Waals surface area contributed by atoms with Gasteiger partial charge in [-0.1, -0.05) is 55.5 Å². The van der Waals surface area contributed by atoms with Crippen LogP contribution in [0.5, 0.6) is 0 Å². The second kappa shape index (κ2) is 7.58. The van der Waals surface area contributed by atoms with Gasteiger partial charge in [0, 0.05) is 12.6 Å². The minimum absolute atomic E-state index is 0.193. The van der Waals surface area contributed by atoms with E-state index >= 15 is 0 Å². The standard InChI is InChI=1S/C19H21NO3/c1-4-17(19(22)23-3)20(2)18(21)16-13-9-8-12-15(16)14-10-6-5-7-11-14/h5-13,17H,4H2,1-3H3/t17-/m0/s1. The first kappa shape index (κ1) is 16.7. The summed E-state index contributed by atoms with van der Waals surface area (Å²) < 4.78 is 4.79. The van der Waals surface area contributed by atoms with Gasteiger partial charge >= 0.3 is 5.97 Å². The summed E-state index contributed by atoms with van der Waals surface area (Å²) in [6.45, 7) is 1.86. The van der Waals surface area contributed by atoms with E-state index in [1.165, 1.54) is 12.0 Å². The fourth-order valence-electron chi connectivity index (χ4n) is 2.61. The highest BCUT2D eigenvalue weighted by atomic mass is 16.5. The molecule has 2 aromatic rings. The first-order valence-electron chi connectivity index (χ1n) is 7.59. The number of carbonyl (C=O) groups is 2. The van der Waals surface area contributed by atoms with Gasteiger partial charge in [-0.15, -0.1) is 0 Å². The Morgan fingerprint density at radius 1 is 1.04 bits per heavy atom. The molecule has 0 radical (unpaired) electrons. The summed E-state index contributed by atoms with van der Waals surface area (Å²) in [6, 6.07) is 16.6. The monoisotopic (exact) mass is 311 g/mol. The molecule has 2 rings (SSSR count). The Balaban J connectivity index is 2.39. The zero-order valence-corrected chi connectivity index (χ0v) is 13.7. The van der Waals surface area contributed by atoms with Crippen LogP contribution in [0.25, 0.3) is 11.1 Å². The van der Waals surface area contributed by atoms with E-state index in [1.54, 1.807) is 13.1 Å². The highest BCUT2D eigenvalue weighted by Gasteiger charge is 2.27. The Labute approximate surface area is 136 Å². The first-order valence-corrected chi connectivity index (χ1v) is 7.59. The van der Waals surface area contributed by atoms with Gasteiger partial charge in [-0.2, -0.15) is 0 Å². The van der Waals surface area contributed by atoms with Gasteiger partial charge in [-0.25, -0.2) is 4.79 Å². The maximum atomic E-state index is 12.9. The Morgan fingerprint density at radius 2 is 1.65 bits per heavy atom. The van der Waals surface area contributed by atoms with Crippen molar-refractivity contribution in [1.82, 2.24) is 4.90 Å². The number of amides is 1. The Kier molecular flexibility index (Phi) is 5.52. The van der Waals surface area contributed by atoms with Crippen molar-refractivity contribution in [3.05, 3.63) is 60.2 Å². The number of nitrogens with zero attached hydrogens (tertiary/aromatic N) is 1. The second-order valence-electron chi connectivity index (χ2n) is 5.27. The summed E-state index contributed by atoms with van der Waals surface area (Å²) in [6.07, 6.45) is 0.502. The molecule has 0 fully saturated rings. The lowest BCUT2D eigenvalue weighted by atomic mass is 9.98. The smallest absolute Gasteiger partial charge is 0.328 e. The van der Waals surface area contributed by atoms with Gasteiger partial charge in [0.25, 0.3) is 5.91 Å². The van der Waals surface area contributed by atoms with Crippen molar-refractivity contribution >= 4 is 11.9 Å². The highest BCUT2D eigenvalue weighted by Crippen LogP contribution is 2.25. The normalized spacial score (nSPS) is 11.6. The lowest BCUT2D eigenvalue weighted by Gasteiger charge is -2.26. The molecule has 0 spiro atoms. The third-order valence-corrected chi connectivity index (χ3v) is 3.89. The van der Waals surface area contributed by atoms with Gasteiger partial charge in [0.15, 0.2) is 0 Å². The number of ether oxygens (including phenoxy) is 1. The van der Waals surface area contributed by atoms with E-state index in [9.17, 15) is 9.59 Å². The minimum atomic E-state index is -0.587. The molecule has 0 aromatic heterocycles. The van der Waals surface area contributed by atoms with Crippen molar-refractivity contribution in [1.29, 1.82) is 0 Å². The van der Waals surface area contributed by atoms with Crippen molar-refractivity contribution in [2.75, 3.05) is 14.2 Å². The number of esters is 1. The molecule has 2 aromatic carbocycles. The van der Waals surface area contributed by atoms with E-state index in [2.05, 4.69) is 0 Å². The lowest BCUT2D eigenvalue weighted by Crippen LogP contribution is -2.42. The van der Waals surface area contributed by atoms with Gasteiger partial charge in [0.1, 0.15) is 6.04 Å². The fraction of sp³-hybridized carbons (Fsp3) is 0.263. The number of hydrogen-bond acceptors (Lipinski definition) is 3. The average Bonchev–Trinajstić information content (AvgIpc) is 2.62. The molecule has 0 unspecified atom stereocenters. The predicted molar refractivity (Wildman–Crippen MR) is 90.1 cm³/mol. The van der Waals surface area contributed by atoms with Crippen LogP contribution in [-0.4, -0.2) is 37.0 Å². The molecule has 0 aliphatic heterocycles. The van der Waals surface area contributed by atoms with Crippen molar-refractivity contribution in [3.63, 3.8) is 0 Å². The Bertz CT molecular complexity index is 682. The molecule has 1 atom stereocenters. The summed E-state index contributed by atoms with van der Waals surface area (Å²) >= 11 is 0. The summed E-state index contributed by atoms with van der Waals surface area (Å²) in [5.41, 5.74) is 2.39. The quantitative estimate of drug-likeness (QED) is 0.795. The van der Waals surface area contributed by atoms with Gasteiger partial charge in [-0.05, 0) is 23.6 Å². The summed E-state index contributed by atoms with van der Waals surface area (Å²) in [7, 11) is 2.97. The van der Waals surface area contributed by atoms with Crippen molar-refractivity contribution in [3.8, 4) is 11.1 Å². The van der Waals surface area contributed by atoms with E-state index in [4.69, 9.17) is 4.74 Å². The van der Waals surface area contributed by atoms with E-state index in [0.717, 1.165) is 11.1 Å². The topological polar surface area (TPSA) is 46.6 Å². The van der Waals surface area contributed by atoms with Crippen molar-refractivity contribution < 1.29 is 14.3 Å². The maximum Gasteiger partial charge on any atom is 0.328 e. The van der Waals surface area contributed by atoms with Crippen LogP contribution in [0.15, 0.2) is 54.6 Å². The number of carbonyl (C=O) groups excluding carboxylic acids is 2. The van der Waals surface area contributed by atoms with E-state index in [0.29, 0.717) is 12.0 Å². The molecule has 4 nitrogen and oxygen atoms in total. The van der Waals surface area contributed by atoms with E-state index in [1.807, 2.05) is 55.5 Å². The summed E-state index contributed by atoms with van der Waals surface area (Å²) in [4.78, 5) is 26.2. The largest absolute Gasteiger partial charge is 0.467 e. The molecule has 0 saturated carbocycles. The van der Waals surface area contributed by atoms with Crippen molar-refractivity contribution in [2.24, 2.45) is 0 Å². The van der Waals surface area contributed by atoms with Crippen LogP contribution >= 0.6 is 0 Å². The molecule has 0 saturated heterocycles. The molecule has 0 bridgehead atoms. The van der Waals surface area contributed by atoms with Crippen molar-refractivity contribution in [2.45, 2.75) is 19.4 Å². The van der Waals surface area contributed by atoms with Gasteiger partial charge in [0.2, 0.25) is 0 Å². The molecule has 0 aliphatic rings. The Hall–Kier alpha value is -2.62. The second-order valence-corrected chi connectivity index (χ2v) is 5.27. The highest BCUT2D eigenvalue weighted by molar-refractivity contribution is 6.02. The molecular formula is C19H21NO3. The van der Waals surface area contributed by atoms with E-state index in [-0.39, 0.29) is 5.91 Å². The molecule has 0 N–H and O–H groups in total. The molecule has 0 aliphatic carbocycles. The third kappa shape index (κ3) is 3.59. The Morgan fingerprint density at radius 3 is 2.26 bits per heavy atom. The zero-order valence-electron chi connectivity index (χ0n) is 13.7. The minimum Gasteiger partial charge on any atom is -0.467 e. The molecule has 0 heterocycles. The maximum absolute atomic E-state index is 12.9. The SMILES string of the molecule is CC[C@@H](C(=O)OC)N(C)C(=O)c1ccccc1-c1ccccc1. The number of benzene rings is 2. The molecule has 23 heavy (non-hydrogen) atoms. The number of hydrogen-bond donors (Lipinski definition) is 0. The average molecular weight is 311 g/mol.